The number of halogens is 3. The van der Waals surface area contributed by atoms with Crippen LogP contribution >= 0.6 is 0 Å². The highest BCUT2D eigenvalue weighted by molar-refractivity contribution is 6.01. The number of likely N-dealkylation sites (tertiary alicyclic amines) is 2. The van der Waals surface area contributed by atoms with Crippen molar-refractivity contribution in [1.82, 2.24) is 9.80 Å². The predicted molar refractivity (Wildman–Crippen MR) is 108 cm³/mol. The van der Waals surface area contributed by atoms with Crippen molar-refractivity contribution in [3.63, 3.8) is 0 Å². The first kappa shape index (κ1) is 25.1. The van der Waals surface area contributed by atoms with E-state index in [1.807, 2.05) is 0 Å². The molecule has 2 aliphatic heterocycles. The summed E-state index contributed by atoms with van der Waals surface area (Å²) in [7, 11) is 2.07. The highest BCUT2D eigenvalue weighted by atomic mass is 19.2. The number of hydrogen-bond acceptors (Lipinski definition) is 6. The zero-order chi connectivity index (χ0) is 24.0. The van der Waals surface area contributed by atoms with Gasteiger partial charge in [-0.05, 0) is 37.7 Å². The average molecular weight is 455 g/mol. The van der Waals surface area contributed by atoms with E-state index in [2.05, 4.69) is 16.8 Å². The quantitative estimate of drug-likeness (QED) is 0.335. The van der Waals surface area contributed by atoms with Gasteiger partial charge in [0.1, 0.15) is 5.82 Å². The fraction of sp³-hybridized carbons (Fsp3) is 0.381. The molecule has 0 bridgehead atoms. The fourth-order valence-corrected chi connectivity index (χ4v) is 3.71. The Hall–Kier alpha value is -3.18. The summed E-state index contributed by atoms with van der Waals surface area (Å²) in [5, 5.41) is 15.6. The molecule has 2 fully saturated rings. The van der Waals surface area contributed by atoms with E-state index in [0.717, 1.165) is 26.1 Å². The molecule has 0 spiro atoms. The summed E-state index contributed by atoms with van der Waals surface area (Å²) in [6, 6.07) is 0.202. The van der Waals surface area contributed by atoms with E-state index in [1.54, 1.807) is 6.20 Å². The van der Waals surface area contributed by atoms with Crippen LogP contribution in [-0.2, 0) is 9.59 Å². The lowest BCUT2D eigenvalue weighted by molar-refractivity contribution is -0.134. The molecule has 1 aromatic rings. The SMILES string of the molecule is CN1C[C@@H]2CCN(C=C[C@@H](N)C(=O)c3cc(F)c(F)cc3F)[C@@H]2C1.O=C(O)/C=C/C(=O)O. The highest BCUT2D eigenvalue weighted by Gasteiger charge is 2.38. The fourth-order valence-electron chi connectivity index (χ4n) is 3.71. The number of likely N-dealkylation sites (N-methyl/N-ethyl adjacent to an activating group) is 1. The lowest BCUT2D eigenvalue weighted by atomic mass is 10.0. The van der Waals surface area contributed by atoms with E-state index in [9.17, 15) is 27.6 Å². The van der Waals surface area contributed by atoms with Crippen molar-refractivity contribution < 1.29 is 37.8 Å². The van der Waals surface area contributed by atoms with E-state index in [1.165, 1.54) is 6.08 Å². The number of carboxylic acid groups (broad SMARTS) is 2. The second-order valence-electron chi connectivity index (χ2n) is 7.56. The van der Waals surface area contributed by atoms with Gasteiger partial charge in [0, 0.05) is 43.9 Å². The van der Waals surface area contributed by atoms with Gasteiger partial charge in [-0.3, -0.25) is 4.79 Å². The maximum absolute atomic E-state index is 13.7. The van der Waals surface area contributed by atoms with Crippen LogP contribution in [0.3, 0.4) is 0 Å². The van der Waals surface area contributed by atoms with Gasteiger partial charge in [0.15, 0.2) is 17.4 Å². The van der Waals surface area contributed by atoms with Gasteiger partial charge in [-0.15, -0.1) is 0 Å². The number of rotatable bonds is 6. The average Bonchev–Trinajstić information content (AvgIpc) is 3.26. The number of Topliss-reactive ketones (excluding diaryl/α,β-unsaturated/α-hetero) is 1. The lowest BCUT2D eigenvalue weighted by Gasteiger charge is -2.22. The molecule has 174 valence electrons. The molecule has 0 unspecified atom stereocenters. The topological polar surface area (TPSA) is 124 Å². The number of nitrogens with zero attached hydrogens (tertiary/aromatic N) is 2. The summed E-state index contributed by atoms with van der Waals surface area (Å²) in [5.74, 6) is -6.40. The molecule has 0 aromatic heterocycles. The number of carboxylic acids is 2. The molecule has 0 saturated carbocycles. The van der Waals surface area contributed by atoms with Crippen molar-refractivity contribution in [2.75, 3.05) is 26.7 Å². The van der Waals surface area contributed by atoms with Crippen molar-refractivity contribution in [3.8, 4) is 0 Å². The number of ketones is 1. The molecule has 11 heteroatoms. The van der Waals surface area contributed by atoms with Crippen LogP contribution in [0.15, 0.2) is 36.6 Å². The van der Waals surface area contributed by atoms with Crippen LogP contribution in [0.2, 0.25) is 0 Å². The Labute approximate surface area is 182 Å². The third kappa shape index (κ3) is 6.66. The second-order valence-corrected chi connectivity index (χ2v) is 7.56. The standard InChI is InChI=1S/C17H20F3N3O.C4H4O4/c1-22-8-10-2-4-23(16(10)9-22)5-3-15(21)17(24)11-6-13(19)14(20)7-12(11)18;5-3(6)1-2-4(7)8/h3,5-7,10,15-16H,2,4,8-9,21H2,1H3;1-2H,(H,5,6)(H,7,8)/b;2-1+/t10-,15+,16+;/m0./s1. The third-order valence-electron chi connectivity index (χ3n) is 5.20. The number of nitrogens with two attached hydrogens (primary N) is 1. The third-order valence-corrected chi connectivity index (χ3v) is 5.20. The van der Waals surface area contributed by atoms with E-state index in [4.69, 9.17) is 15.9 Å². The van der Waals surface area contributed by atoms with Crippen LogP contribution in [0, 0.1) is 23.4 Å². The Morgan fingerprint density at radius 3 is 2.25 bits per heavy atom. The van der Waals surface area contributed by atoms with Crippen LogP contribution in [0.1, 0.15) is 16.8 Å². The number of carbonyl (C=O) groups excluding carboxylic acids is 1. The van der Waals surface area contributed by atoms with Gasteiger partial charge in [-0.25, -0.2) is 22.8 Å². The maximum atomic E-state index is 13.7. The molecule has 4 N–H and O–H groups in total. The molecule has 3 rings (SSSR count). The number of carbonyl (C=O) groups is 3. The van der Waals surface area contributed by atoms with E-state index in [0.29, 0.717) is 36.2 Å². The summed E-state index contributed by atoms with van der Waals surface area (Å²) >= 11 is 0. The molecule has 2 aliphatic rings. The van der Waals surface area contributed by atoms with E-state index < -0.39 is 46.8 Å². The molecule has 0 aliphatic carbocycles. The monoisotopic (exact) mass is 455 g/mol. The summed E-state index contributed by atoms with van der Waals surface area (Å²) in [6.45, 7) is 2.90. The molecule has 2 heterocycles. The molecule has 8 nitrogen and oxygen atoms in total. The van der Waals surface area contributed by atoms with Gasteiger partial charge in [0.2, 0.25) is 0 Å². The van der Waals surface area contributed by atoms with Crippen molar-refractivity contribution >= 4 is 17.7 Å². The lowest BCUT2D eigenvalue weighted by Crippen LogP contribution is -2.33. The van der Waals surface area contributed by atoms with Crippen LogP contribution in [-0.4, -0.2) is 76.5 Å². The van der Waals surface area contributed by atoms with Gasteiger partial charge in [-0.1, -0.05) is 0 Å². The zero-order valence-electron chi connectivity index (χ0n) is 17.2. The number of aliphatic carboxylic acids is 2. The van der Waals surface area contributed by atoms with Crippen LogP contribution in [0.4, 0.5) is 13.2 Å². The Morgan fingerprint density at radius 1 is 1.06 bits per heavy atom. The van der Waals surface area contributed by atoms with E-state index in [-0.39, 0.29) is 0 Å². The summed E-state index contributed by atoms with van der Waals surface area (Å²) in [5.41, 5.74) is 5.26. The smallest absolute Gasteiger partial charge is 0.328 e. The first-order chi connectivity index (χ1) is 15.0. The largest absolute Gasteiger partial charge is 0.478 e. The van der Waals surface area contributed by atoms with Crippen LogP contribution in [0.5, 0.6) is 0 Å². The minimum Gasteiger partial charge on any atom is -0.478 e. The van der Waals surface area contributed by atoms with Crippen LogP contribution in [0.25, 0.3) is 0 Å². The summed E-state index contributed by atoms with van der Waals surface area (Å²) < 4.78 is 39.9. The maximum Gasteiger partial charge on any atom is 0.328 e. The van der Waals surface area contributed by atoms with Gasteiger partial charge in [0.05, 0.1) is 11.6 Å². The van der Waals surface area contributed by atoms with Crippen molar-refractivity contribution in [3.05, 3.63) is 59.6 Å². The Balaban J connectivity index is 0.000000390. The predicted octanol–water partition coefficient (Wildman–Crippen LogP) is 1.48. The van der Waals surface area contributed by atoms with Gasteiger partial charge in [0.25, 0.3) is 0 Å². The first-order valence-corrected chi connectivity index (χ1v) is 9.70. The molecule has 3 atom stereocenters. The summed E-state index contributed by atoms with van der Waals surface area (Å²) in [4.78, 5) is 35.7. The number of fused-ring (bicyclic) bond motifs is 1. The molecule has 2 saturated heterocycles. The van der Waals surface area contributed by atoms with Crippen LogP contribution < -0.4 is 5.73 Å². The highest BCUT2D eigenvalue weighted by Crippen LogP contribution is 2.30. The minimum absolute atomic E-state index is 0.360. The molecule has 32 heavy (non-hydrogen) atoms. The molecular formula is C21H24F3N3O5. The normalized spacial score (nSPS) is 21.5. The summed E-state index contributed by atoms with van der Waals surface area (Å²) in [6.07, 6.45) is 5.46. The first-order valence-electron chi connectivity index (χ1n) is 9.70. The van der Waals surface area contributed by atoms with Gasteiger partial charge >= 0.3 is 11.9 Å². The Bertz CT molecular complexity index is 922. The minimum atomic E-state index is -1.33. The Kier molecular flexibility index (Phi) is 8.56. The van der Waals surface area contributed by atoms with Gasteiger partial charge in [-0.2, -0.15) is 0 Å². The van der Waals surface area contributed by atoms with Gasteiger partial charge < -0.3 is 25.7 Å². The van der Waals surface area contributed by atoms with Crippen molar-refractivity contribution in [2.24, 2.45) is 11.7 Å². The number of hydrogen-bond donors (Lipinski definition) is 3. The van der Waals surface area contributed by atoms with E-state index >= 15 is 0 Å². The van der Waals surface area contributed by atoms with Crippen molar-refractivity contribution in [1.29, 1.82) is 0 Å². The molecule has 0 radical (unpaired) electrons. The zero-order valence-corrected chi connectivity index (χ0v) is 17.2. The molecule has 1 aromatic carbocycles. The van der Waals surface area contributed by atoms with Crippen molar-refractivity contribution in [2.45, 2.75) is 18.5 Å². The Morgan fingerprint density at radius 2 is 1.66 bits per heavy atom. The molecule has 0 amide bonds. The number of benzene rings is 1. The second kappa shape index (κ2) is 10.9. The molecular weight excluding hydrogens is 431 g/mol.